The quantitative estimate of drug-likeness (QED) is 0.452. The molecular formula is C22H27N3O6S. The molecule has 0 saturated heterocycles. The number of aryl methyl sites for hydroxylation is 1. The van der Waals surface area contributed by atoms with Gasteiger partial charge in [-0.1, -0.05) is 0 Å². The van der Waals surface area contributed by atoms with Gasteiger partial charge < -0.3 is 18.8 Å². The molecular weight excluding hydrogens is 434 g/mol. The van der Waals surface area contributed by atoms with Gasteiger partial charge in [-0.25, -0.2) is 22.5 Å². The van der Waals surface area contributed by atoms with Crippen LogP contribution in [0.3, 0.4) is 0 Å². The van der Waals surface area contributed by atoms with Crippen molar-refractivity contribution in [3.8, 4) is 11.5 Å². The van der Waals surface area contributed by atoms with E-state index in [1.807, 2.05) is 11.5 Å². The van der Waals surface area contributed by atoms with Crippen LogP contribution in [0.4, 0.5) is 0 Å². The lowest BCUT2D eigenvalue weighted by molar-refractivity contribution is -0.152. The van der Waals surface area contributed by atoms with E-state index in [9.17, 15) is 13.2 Å². The molecule has 32 heavy (non-hydrogen) atoms. The highest BCUT2D eigenvalue weighted by Gasteiger charge is 2.21. The van der Waals surface area contributed by atoms with Gasteiger partial charge in [-0.3, -0.25) is 0 Å². The molecule has 2 aromatic carbocycles. The van der Waals surface area contributed by atoms with E-state index in [4.69, 9.17) is 14.2 Å². The zero-order chi connectivity index (χ0) is 23.5. The van der Waals surface area contributed by atoms with Crippen LogP contribution in [0, 0.1) is 0 Å². The lowest BCUT2D eigenvalue weighted by Crippen LogP contribution is -2.26. The Bertz CT molecular complexity index is 1200. The SMILES string of the molecule is CCn1c(COC(=O)C(C)Oc2ccc(OC)cc2)nc2cc(S(=O)(=O)N(C)C)ccc21. The Morgan fingerprint density at radius 1 is 1.12 bits per heavy atom. The number of ether oxygens (including phenoxy) is 3. The van der Waals surface area contributed by atoms with E-state index >= 15 is 0 Å². The van der Waals surface area contributed by atoms with Crippen molar-refractivity contribution in [2.45, 2.75) is 38.0 Å². The van der Waals surface area contributed by atoms with E-state index in [0.717, 1.165) is 9.82 Å². The highest BCUT2D eigenvalue weighted by atomic mass is 32.2. The van der Waals surface area contributed by atoms with E-state index in [-0.39, 0.29) is 11.5 Å². The molecule has 10 heteroatoms. The Balaban J connectivity index is 1.73. The van der Waals surface area contributed by atoms with Crippen LogP contribution >= 0.6 is 0 Å². The summed E-state index contributed by atoms with van der Waals surface area (Å²) in [5, 5.41) is 0. The average Bonchev–Trinajstić information content (AvgIpc) is 3.14. The Hall–Kier alpha value is -3.11. The molecule has 0 fully saturated rings. The van der Waals surface area contributed by atoms with Crippen LogP contribution in [0.1, 0.15) is 19.7 Å². The molecule has 0 aliphatic carbocycles. The summed E-state index contributed by atoms with van der Waals surface area (Å²) in [5.74, 6) is 1.19. The van der Waals surface area contributed by atoms with E-state index in [0.29, 0.717) is 29.4 Å². The first-order valence-corrected chi connectivity index (χ1v) is 11.5. The fourth-order valence-corrected chi connectivity index (χ4v) is 4.08. The fraction of sp³-hybridized carbons (Fsp3) is 0.364. The van der Waals surface area contributed by atoms with Gasteiger partial charge in [0, 0.05) is 20.6 Å². The summed E-state index contributed by atoms with van der Waals surface area (Å²) < 4.78 is 44.0. The van der Waals surface area contributed by atoms with Crippen molar-refractivity contribution in [3.63, 3.8) is 0 Å². The molecule has 172 valence electrons. The molecule has 1 heterocycles. The van der Waals surface area contributed by atoms with E-state index < -0.39 is 22.1 Å². The van der Waals surface area contributed by atoms with Crippen LogP contribution in [0.2, 0.25) is 0 Å². The lowest BCUT2D eigenvalue weighted by atomic mass is 10.3. The van der Waals surface area contributed by atoms with Gasteiger partial charge in [-0.2, -0.15) is 0 Å². The number of aromatic nitrogens is 2. The molecule has 9 nitrogen and oxygen atoms in total. The van der Waals surface area contributed by atoms with Crippen molar-refractivity contribution in [1.82, 2.24) is 13.9 Å². The van der Waals surface area contributed by atoms with Gasteiger partial charge in [0.15, 0.2) is 6.10 Å². The number of hydrogen-bond acceptors (Lipinski definition) is 7. The Morgan fingerprint density at radius 2 is 1.78 bits per heavy atom. The molecule has 0 N–H and O–H groups in total. The first kappa shape index (κ1) is 23.6. The molecule has 0 aliphatic heterocycles. The highest BCUT2D eigenvalue weighted by molar-refractivity contribution is 7.89. The summed E-state index contributed by atoms with van der Waals surface area (Å²) in [5.41, 5.74) is 1.28. The van der Waals surface area contributed by atoms with Crippen LogP contribution in [0.5, 0.6) is 11.5 Å². The number of fused-ring (bicyclic) bond motifs is 1. The minimum atomic E-state index is -3.58. The third kappa shape index (κ3) is 4.86. The fourth-order valence-electron chi connectivity index (χ4n) is 3.15. The predicted octanol–water partition coefficient (Wildman–Crippen LogP) is 2.83. The molecule has 1 aromatic heterocycles. The summed E-state index contributed by atoms with van der Waals surface area (Å²) >= 11 is 0. The maximum atomic E-state index is 12.4. The standard InChI is InChI=1S/C22H27N3O6S/c1-6-25-20-12-11-18(32(27,28)24(3)4)13-19(20)23-21(25)14-30-22(26)15(2)31-17-9-7-16(29-5)8-10-17/h7-13,15H,6,14H2,1-5H3. The maximum absolute atomic E-state index is 12.4. The Morgan fingerprint density at radius 3 is 2.38 bits per heavy atom. The van der Waals surface area contributed by atoms with Crippen LogP contribution in [0.15, 0.2) is 47.4 Å². The molecule has 0 amide bonds. The van der Waals surface area contributed by atoms with Crippen molar-refractivity contribution in [3.05, 3.63) is 48.3 Å². The third-order valence-electron chi connectivity index (χ3n) is 4.94. The van der Waals surface area contributed by atoms with Gasteiger partial charge >= 0.3 is 5.97 Å². The molecule has 3 aromatic rings. The second kappa shape index (κ2) is 9.58. The first-order valence-electron chi connectivity index (χ1n) is 10.1. The van der Waals surface area contributed by atoms with Gasteiger partial charge in [0.05, 0.1) is 23.0 Å². The average molecular weight is 462 g/mol. The zero-order valence-corrected chi connectivity index (χ0v) is 19.5. The number of carbonyl (C=O) groups is 1. The number of imidazole rings is 1. The number of methoxy groups -OCH3 is 1. The molecule has 1 unspecified atom stereocenters. The topological polar surface area (TPSA) is 100.0 Å². The molecule has 1 atom stereocenters. The van der Waals surface area contributed by atoms with Crippen LogP contribution < -0.4 is 9.47 Å². The minimum Gasteiger partial charge on any atom is -0.497 e. The van der Waals surface area contributed by atoms with Crippen molar-refractivity contribution < 1.29 is 27.4 Å². The molecule has 0 aliphatic rings. The molecule has 0 spiro atoms. The number of benzene rings is 2. The van der Waals surface area contributed by atoms with Gasteiger partial charge in [-0.15, -0.1) is 0 Å². The van der Waals surface area contributed by atoms with Crippen molar-refractivity contribution in [2.75, 3.05) is 21.2 Å². The summed E-state index contributed by atoms with van der Waals surface area (Å²) in [6.45, 7) is 4.06. The van der Waals surface area contributed by atoms with E-state index in [2.05, 4.69) is 4.98 Å². The van der Waals surface area contributed by atoms with E-state index in [1.54, 1.807) is 50.4 Å². The van der Waals surface area contributed by atoms with Gasteiger partial charge in [-0.05, 0) is 56.3 Å². The van der Waals surface area contributed by atoms with Gasteiger partial charge in [0.1, 0.15) is 23.9 Å². The zero-order valence-electron chi connectivity index (χ0n) is 18.7. The smallest absolute Gasteiger partial charge is 0.347 e. The lowest BCUT2D eigenvalue weighted by Gasteiger charge is -2.14. The monoisotopic (exact) mass is 461 g/mol. The van der Waals surface area contributed by atoms with Crippen LogP contribution in [-0.4, -0.2) is 55.6 Å². The first-order chi connectivity index (χ1) is 15.2. The molecule has 0 bridgehead atoms. The normalized spacial score (nSPS) is 12.7. The minimum absolute atomic E-state index is 0.0621. The summed E-state index contributed by atoms with van der Waals surface area (Å²) in [6, 6.07) is 11.7. The second-order valence-electron chi connectivity index (χ2n) is 7.25. The molecule has 3 rings (SSSR count). The Labute approximate surface area is 187 Å². The molecule has 0 radical (unpaired) electrons. The molecule has 0 saturated carbocycles. The highest BCUT2D eigenvalue weighted by Crippen LogP contribution is 2.23. The summed E-state index contributed by atoms with van der Waals surface area (Å²) in [4.78, 5) is 17.1. The number of nitrogens with zero attached hydrogens (tertiary/aromatic N) is 3. The van der Waals surface area contributed by atoms with Crippen LogP contribution in [-0.2, 0) is 32.7 Å². The summed E-state index contributed by atoms with van der Waals surface area (Å²) in [7, 11) is 0.948. The van der Waals surface area contributed by atoms with Crippen molar-refractivity contribution in [1.29, 1.82) is 0 Å². The second-order valence-corrected chi connectivity index (χ2v) is 9.41. The number of esters is 1. The number of carbonyl (C=O) groups excluding carboxylic acids is 1. The number of rotatable bonds is 9. The number of hydrogen-bond donors (Lipinski definition) is 0. The van der Waals surface area contributed by atoms with E-state index in [1.165, 1.54) is 20.2 Å². The van der Waals surface area contributed by atoms with Gasteiger partial charge in [0.25, 0.3) is 0 Å². The maximum Gasteiger partial charge on any atom is 0.347 e. The van der Waals surface area contributed by atoms with Crippen molar-refractivity contribution in [2.24, 2.45) is 0 Å². The summed E-state index contributed by atoms with van der Waals surface area (Å²) in [6.07, 6.45) is -0.820. The van der Waals surface area contributed by atoms with Gasteiger partial charge in [0.2, 0.25) is 10.0 Å². The van der Waals surface area contributed by atoms with Crippen molar-refractivity contribution >= 4 is 27.0 Å². The third-order valence-corrected chi connectivity index (χ3v) is 6.75. The number of sulfonamides is 1. The Kier molecular flexibility index (Phi) is 7.05. The predicted molar refractivity (Wildman–Crippen MR) is 119 cm³/mol. The largest absolute Gasteiger partial charge is 0.497 e. The van der Waals surface area contributed by atoms with Crippen LogP contribution in [0.25, 0.3) is 11.0 Å².